The number of nitrogens with one attached hydrogen (secondary N) is 1. The molecule has 106 valence electrons. The Morgan fingerprint density at radius 3 is 2.95 bits per heavy atom. The molecule has 2 N–H and O–H groups in total. The lowest BCUT2D eigenvalue weighted by molar-refractivity contribution is -0.123. The average Bonchev–Trinajstić information content (AvgIpc) is 2.35. The summed E-state index contributed by atoms with van der Waals surface area (Å²) >= 11 is 9.24. The first-order valence-corrected chi connectivity index (χ1v) is 7.22. The highest BCUT2D eigenvalue weighted by atomic mass is 79.9. The van der Waals surface area contributed by atoms with E-state index in [4.69, 9.17) is 16.3 Å². The maximum Gasteiger partial charge on any atom is 0.258 e. The van der Waals surface area contributed by atoms with Crippen molar-refractivity contribution in [3.63, 3.8) is 0 Å². The Bertz CT molecular complexity index is 428. The molecule has 19 heavy (non-hydrogen) atoms. The second-order valence-corrected chi connectivity index (χ2v) is 5.43. The van der Waals surface area contributed by atoms with Crippen LogP contribution >= 0.6 is 27.5 Å². The fourth-order valence-electron chi connectivity index (χ4n) is 1.45. The molecule has 0 aromatic heterocycles. The number of hydrogen-bond acceptors (Lipinski definition) is 3. The average molecular weight is 351 g/mol. The molecule has 0 radical (unpaired) electrons. The Morgan fingerprint density at radius 1 is 1.58 bits per heavy atom. The van der Waals surface area contributed by atoms with Gasteiger partial charge in [0.25, 0.3) is 5.91 Å². The number of aliphatic hydroxyl groups excluding tert-OH is 1. The lowest BCUT2D eigenvalue weighted by Gasteiger charge is -2.12. The Balaban J connectivity index is 2.33. The monoisotopic (exact) mass is 349 g/mol. The number of ether oxygens (including phenoxy) is 1. The molecule has 0 fully saturated rings. The van der Waals surface area contributed by atoms with Gasteiger partial charge in [0.15, 0.2) is 6.61 Å². The van der Waals surface area contributed by atoms with Gasteiger partial charge in [-0.3, -0.25) is 4.79 Å². The van der Waals surface area contributed by atoms with Crippen LogP contribution in [0.15, 0.2) is 22.7 Å². The molecule has 1 aromatic carbocycles. The topological polar surface area (TPSA) is 58.6 Å². The molecule has 4 nitrogen and oxygen atoms in total. The number of benzene rings is 1. The van der Waals surface area contributed by atoms with Crippen molar-refractivity contribution in [2.45, 2.75) is 25.9 Å². The third kappa shape index (κ3) is 6.27. The predicted molar refractivity (Wildman–Crippen MR) is 78.6 cm³/mol. The van der Waals surface area contributed by atoms with Gasteiger partial charge in [0, 0.05) is 11.0 Å². The van der Waals surface area contributed by atoms with E-state index in [0.29, 0.717) is 17.2 Å². The zero-order valence-electron chi connectivity index (χ0n) is 10.7. The van der Waals surface area contributed by atoms with Crippen LogP contribution in [0.5, 0.6) is 5.75 Å². The quantitative estimate of drug-likeness (QED) is 0.795. The summed E-state index contributed by atoms with van der Waals surface area (Å²) in [6.07, 6.45) is 1.03. The van der Waals surface area contributed by atoms with Gasteiger partial charge in [-0.15, -0.1) is 0 Å². The van der Waals surface area contributed by atoms with Gasteiger partial charge >= 0.3 is 0 Å². The van der Waals surface area contributed by atoms with Gasteiger partial charge in [-0.05, 0) is 24.6 Å². The highest BCUT2D eigenvalue weighted by Gasteiger charge is 2.08. The number of halogens is 2. The fourth-order valence-corrected chi connectivity index (χ4v) is 2.18. The van der Waals surface area contributed by atoms with Crippen LogP contribution in [0.4, 0.5) is 0 Å². The van der Waals surface area contributed by atoms with E-state index in [9.17, 15) is 9.90 Å². The summed E-state index contributed by atoms with van der Waals surface area (Å²) in [6.45, 7) is 2.09. The van der Waals surface area contributed by atoms with Crippen LogP contribution in [0.1, 0.15) is 19.8 Å². The van der Waals surface area contributed by atoms with Crippen molar-refractivity contribution in [3.8, 4) is 5.75 Å². The normalized spacial score (nSPS) is 12.0. The number of amides is 1. The lowest BCUT2D eigenvalue weighted by Crippen LogP contribution is -2.35. The van der Waals surface area contributed by atoms with Crippen molar-refractivity contribution in [1.82, 2.24) is 5.32 Å². The Kier molecular flexibility index (Phi) is 7.20. The van der Waals surface area contributed by atoms with Crippen LogP contribution in [0.3, 0.4) is 0 Å². The minimum Gasteiger partial charge on any atom is -0.482 e. The van der Waals surface area contributed by atoms with Crippen molar-refractivity contribution >= 4 is 33.4 Å². The molecule has 0 aliphatic rings. The molecular weight excluding hydrogens is 334 g/mol. The van der Waals surface area contributed by atoms with E-state index < -0.39 is 6.10 Å². The molecule has 1 unspecified atom stereocenters. The van der Waals surface area contributed by atoms with Crippen molar-refractivity contribution < 1.29 is 14.6 Å². The van der Waals surface area contributed by atoms with Gasteiger partial charge in [0.05, 0.1) is 11.1 Å². The summed E-state index contributed by atoms with van der Waals surface area (Å²) in [5, 5.41) is 12.5. The summed E-state index contributed by atoms with van der Waals surface area (Å²) in [5.41, 5.74) is 0. The highest BCUT2D eigenvalue weighted by Crippen LogP contribution is 2.27. The van der Waals surface area contributed by atoms with Crippen molar-refractivity contribution in [2.75, 3.05) is 13.2 Å². The van der Waals surface area contributed by atoms with E-state index in [1.54, 1.807) is 18.2 Å². The minimum absolute atomic E-state index is 0.125. The predicted octanol–water partition coefficient (Wildman–Crippen LogP) is 2.76. The van der Waals surface area contributed by atoms with E-state index in [1.807, 2.05) is 6.92 Å². The SMILES string of the molecule is CCCC(O)CNC(=O)COc1ccc(Br)cc1Cl. The summed E-state index contributed by atoms with van der Waals surface area (Å²) < 4.78 is 6.14. The lowest BCUT2D eigenvalue weighted by atomic mass is 10.2. The van der Waals surface area contributed by atoms with Crippen molar-refractivity contribution in [1.29, 1.82) is 0 Å². The first-order valence-electron chi connectivity index (χ1n) is 6.05. The van der Waals surface area contributed by atoms with Gasteiger partial charge in [0.1, 0.15) is 5.75 Å². The number of carbonyl (C=O) groups is 1. The van der Waals surface area contributed by atoms with Crippen molar-refractivity contribution in [2.24, 2.45) is 0 Å². The number of aliphatic hydroxyl groups is 1. The molecule has 0 heterocycles. The molecule has 0 aliphatic carbocycles. The molecule has 6 heteroatoms. The summed E-state index contributed by atoms with van der Waals surface area (Å²) in [5.74, 6) is 0.170. The molecule has 0 spiro atoms. The second-order valence-electron chi connectivity index (χ2n) is 4.11. The van der Waals surface area contributed by atoms with E-state index in [0.717, 1.165) is 10.9 Å². The van der Waals surface area contributed by atoms with E-state index in [2.05, 4.69) is 21.2 Å². The van der Waals surface area contributed by atoms with Crippen LogP contribution in [0, 0.1) is 0 Å². The maximum absolute atomic E-state index is 11.5. The van der Waals surface area contributed by atoms with E-state index in [1.165, 1.54) is 0 Å². The third-order valence-electron chi connectivity index (χ3n) is 2.41. The smallest absolute Gasteiger partial charge is 0.258 e. The largest absolute Gasteiger partial charge is 0.482 e. The zero-order chi connectivity index (χ0) is 14.3. The van der Waals surface area contributed by atoms with Crippen LogP contribution < -0.4 is 10.1 Å². The Morgan fingerprint density at radius 2 is 2.32 bits per heavy atom. The molecule has 1 atom stereocenters. The molecule has 0 saturated carbocycles. The van der Waals surface area contributed by atoms with Crippen molar-refractivity contribution in [3.05, 3.63) is 27.7 Å². The van der Waals surface area contributed by atoms with Gasteiger partial charge < -0.3 is 15.2 Å². The number of rotatable bonds is 7. The first kappa shape index (κ1) is 16.3. The van der Waals surface area contributed by atoms with Gasteiger partial charge in [-0.1, -0.05) is 40.9 Å². The van der Waals surface area contributed by atoms with E-state index in [-0.39, 0.29) is 19.1 Å². The fraction of sp³-hybridized carbons (Fsp3) is 0.462. The van der Waals surface area contributed by atoms with Crippen LogP contribution in [-0.4, -0.2) is 30.3 Å². The summed E-state index contributed by atoms with van der Waals surface area (Å²) in [6, 6.07) is 5.16. The summed E-state index contributed by atoms with van der Waals surface area (Å²) in [7, 11) is 0. The molecule has 0 aliphatic heterocycles. The molecule has 1 amide bonds. The summed E-state index contributed by atoms with van der Waals surface area (Å²) in [4.78, 5) is 11.5. The van der Waals surface area contributed by atoms with Crippen LogP contribution in [-0.2, 0) is 4.79 Å². The molecule has 1 rings (SSSR count). The Hall–Kier alpha value is -0.780. The number of carbonyl (C=O) groups excluding carboxylic acids is 1. The van der Waals surface area contributed by atoms with Crippen LogP contribution in [0.2, 0.25) is 5.02 Å². The highest BCUT2D eigenvalue weighted by molar-refractivity contribution is 9.10. The minimum atomic E-state index is -0.509. The third-order valence-corrected chi connectivity index (χ3v) is 3.20. The molecule has 0 bridgehead atoms. The van der Waals surface area contributed by atoms with Gasteiger partial charge in [-0.25, -0.2) is 0 Å². The second kappa shape index (κ2) is 8.40. The van der Waals surface area contributed by atoms with E-state index >= 15 is 0 Å². The molecule has 1 aromatic rings. The maximum atomic E-state index is 11.5. The molecule has 0 saturated heterocycles. The van der Waals surface area contributed by atoms with Gasteiger partial charge in [0.2, 0.25) is 0 Å². The number of hydrogen-bond donors (Lipinski definition) is 2. The first-order chi connectivity index (χ1) is 9.02. The Labute approximate surface area is 126 Å². The van der Waals surface area contributed by atoms with Gasteiger partial charge in [-0.2, -0.15) is 0 Å². The zero-order valence-corrected chi connectivity index (χ0v) is 13.0. The standard InChI is InChI=1S/C13H17BrClNO3/c1-2-3-10(17)7-16-13(18)8-19-12-5-4-9(14)6-11(12)15/h4-6,10,17H,2-3,7-8H2,1H3,(H,16,18). The molecular formula is C13H17BrClNO3. The van der Waals surface area contributed by atoms with Crippen LogP contribution in [0.25, 0.3) is 0 Å².